The SMILES string of the molecule is Cc1cc(NC(=O)C(Sc2ccc(NC(=O)Cc3ccccc3)cc2)c2ccccc2)no1. The molecule has 0 saturated carbocycles. The van der Waals surface area contributed by atoms with E-state index in [2.05, 4.69) is 15.8 Å². The van der Waals surface area contributed by atoms with Gasteiger partial charge in [0.2, 0.25) is 11.8 Å². The molecule has 1 heterocycles. The standard InChI is InChI=1S/C26H23N3O3S/c1-18-16-23(29-32-18)28-26(31)25(20-10-6-3-7-11-20)33-22-14-12-21(13-15-22)27-24(30)17-19-8-4-2-5-9-19/h2-16,25H,17H2,1H3,(H,27,30)(H,28,29,31). The molecule has 33 heavy (non-hydrogen) atoms. The number of aryl methyl sites for hydroxylation is 1. The molecule has 0 aliphatic rings. The van der Waals surface area contributed by atoms with Crippen LogP contribution in [0.25, 0.3) is 0 Å². The molecule has 0 saturated heterocycles. The third-order valence-corrected chi connectivity index (χ3v) is 6.09. The van der Waals surface area contributed by atoms with Crippen LogP contribution in [0.2, 0.25) is 0 Å². The normalized spacial score (nSPS) is 11.5. The van der Waals surface area contributed by atoms with E-state index in [0.29, 0.717) is 23.7 Å². The first kappa shape index (κ1) is 22.4. The van der Waals surface area contributed by atoms with Crippen molar-refractivity contribution < 1.29 is 14.1 Å². The summed E-state index contributed by atoms with van der Waals surface area (Å²) in [4.78, 5) is 26.3. The number of hydrogen-bond acceptors (Lipinski definition) is 5. The van der Waals surface area contributed by atoms with Gasteiger partial charge in [0.05, 0.1) is 6.42 Å². The Labute approximate surface area is 196 Å². The molecule has 1 atom stereocenters. The predicted molar refractivity (Wildman–Crippen MR) is 130 cm³/mol. The van der Waals surface area contributed by atoms with E-state index in [4.69, 9.17) is 4.52 Å². The molecule has 7 heteroatoms. The average molecular weight is 458 g/mol. The fourth-order valence-corrected chi connectivity index (χ4v) is 4.28. The van der Waals surface area contributed by atoms with Crippen molar-refractivity contribution in [3.63, 3.8) is 0 Å². The summed E-state index contributed by atoms with van der Waals surface area (Å²) in [6, 6.07) is 28.3. The molecular formula is C26H23N3O3S. The monoisotopic (exact) mass is 457 g/mol. The Kier molecular flexibility index (Phi) is 7.22. The molecule has 2 amide bonds. The molecule has 0 radical (unpaired) electrons. The van der Waals surface area contributed by atoms with E-state index in [1.165, 1.54) is 11.8 Å². The van der Waals surface area contributed by atoms with E-state index in [1.807, 2.05) is 84.9 Å². The van der Waals surface area contributed by atoms with Crippen LogP contribution in [0.5, 0.6) is 0 Å². The number of rotatable bonds is 8. The maximum absolute atomic E-state index is 13.0. The summed E-state index contributed by atoms with van der Waals surface area (Å²) in [6.07, 6.45) is 0.315. The van der Waals surface area contributed by atoms with E-state index in [1.54, 1.807) is 13.0 Å². The van der Waals surface area contributed by atoms with E-state index in [-0.39, 0.29) is 11.8 Å². The zero-order chi connectivity index (χ0) is 23.0. The highest BCUT2D eigenvalue weighted by Gasteiger charge is 2.23. The molecule has 4 aromatic rings. The number of hydrogen-bond donors (Lipinski definition) is 2. The zero-order valence-electron chi connectivity index (χ0n) is 18.0. The predicted octanol–water partition coefficient (Wildman–Crippen LogP) is 5.64. The van der Waals surface area contributed by atoms with Crippen LogP contribution < -0.4 is 10.6 Å². The minimum atomic E-state index is -0.485. The van der Waals surface area contributed by atoms with Crippen molar-refractivity contribution in [2.45, 2.75) is 23.5 Å². The van der Waals surface area contributed by atoms with Gasteiger partial charge in [-0.25, -0.2) is 0 Å². The minimum absolute atomic E-state index is 0.0777. The van der Waals surface area contributed by atoms with Crippen LogP contribution in [0.3, 0.4) is 0 Å². The number of carbonyl (C=O) groups is 2. The molecule has 6 nitrogen and oxygen atoms in total. The topological polar surface area (TPSA) is 84.2 Å². The highest BCUT2D eigenvalue weighted by Crippen LogP contribution is 2.36. The van der Waals surface area contributed by atoms with Gasteiger partial charge in [0, 0.05) is 16.6 Å². The Bertz CT molecular complexity index is 1210. The van der Waals surface area contributed by atoms with Crippen LogP contribution in [0.4, 0.5) is 11.5 Å². The van der Waals surface area contributed by atoms with Crippen LogP contribution in [-0.2, 0) is 16.0 Å². The first-order valence-electron chi connectivity index (χ1n) is 10.5. The molecule has 3 aromatic carbocycles. The van der Waals surface area contributed by atoms with Gasteiger partial charge < -0.3 is 15.2 Å². The lowest BCUT2D eigenvalue weighted by Crippen LogP contribution is -2.19. The number of anilines is 2. The summed E-state index contributed by atoms with van der Waals surface area (Å²) >= 11 is 1.42. The Hall–Kier alpha value is -3.84. The number of nitrogens with zero attached hydrogens (tertiary/aromatic N) is 1. The second-order valence-corrected chi connectivity index (χ2v) is 8.63. The first-order chi connectivity index (χ1) is 16.1. The van der Waals surface area contributed by atoms with E-state index >= 15 is 0 Å². The Morgan fingerprint density at radius 2 is 1.58 bits per heavy atom. The summed E-state index contributed by atoms with van der Waals surface area (Å²) in [6.45, 7) is 1.77. The zero-order valence-corrected chi connectivity index (χ0v) is 18.8. The summed E-state index contributed by atoms with van der Waals surface area (Å²) in [5.41, 5.74) is 2.54. The Balaban J connectivity index is 1.43. The Morgan fingerprint density at radius 3 is 2.21 bits per heavy atom. The van der Waals surface area contributed by atoms with Gasteiger partial charge >= 0.3 is 0 Å². The van der Waals surface area contributed by atoms with Gasteiger partial charge in [-0.1, -0.05) is 65.8 Å². The van der Waals surface area contributed by atoms with Crippen molar-refractivity contribution in [2.24, 2.45) is 0 Å². The summed E-state index contributed by atoms with van der Waals surface area (Å²) in [5, 5.41) is 9.10. The van der Waals surface area contributed by atoms with Crippen LogP contribution in [0.1, 0.15) is 22.1 Å². The van der Waals surface area contributed by atoms with E-state index in [0.717, 1.165) is 16.0 Å². The van der Waals surface area contributed by atoms with Gasteiger partial charge in [-0.15, -0.1) is 11.8 Å². The first-order valence-corrected chi connectivity index (χ1v) is 11.3. The van der Waals surface area contributed by atoms with Gasteiger partial charge in [-0.05, 0) is 42.3 Å². The molecule has 0 spiro atoms. The molecule has 1 aromatic heterocycles. The van der Waals surface area contributed by atoms with Gasteiger partial charge in [0.25, 0.3) is 0 Å². The summed E-state index contributed by atoms with van der Waals surface area (Å²) in [7, 11) is 0. The maximum Gasteiger partial charge on any atom is 0.243 e. The molecule has 4 rings (SSSR count). The quantitative estimate of drug-likeness (QED) is 0.335. The highest BCUT2D eigenvalue weighted by molar-refractivity contribution is 8.00. The smallest absolute Gasteiger partial charge is 0.243 e. The van der Waals surface area contributed by atoms with E-state index in [9.17, 15) is 9.59 Å². The van der Waals surface area contributed by atoms with Crippen molar-refractivity contribution in [3.05, 3.63) is 108 Å². The lowest BCUT2D eigenvalue weighted by atomic mass is 10.1. The molecule has 2 N–H and O–H groups in total. The lowest BCUT2D eigenvalue weighted by molar-refractivity contribution is -0.116. The van der Waals surface area contributed by atoms with Crippen molar-refractivity contribution in [1.29, 1.82) is 0 Å². The number of amides is 2. The molecule has 0 fully saturated rings. The number of thioether (sulfide) groups is 1. The summed E-state index contributed by atoms with van der Waals surface area (Å²) < 4.78 is 5.05. The molecular weight excluding hydrogens is 434 g/mol. The number of nitrogens with one attached hydrogen (secondary N) is 2. The lowest BCUT2D eigenvalue weighted by Gasteiger charge is -2.16. The van der Waals surface area contributed by atoms with Gasteiger partial charge in [-0.3, -0.25) is 9.59 Å². The van der Waals surface area contributed by atoms with Crippen molar-refractivity contribution >= 4 is 35.1 Å². The fourth-order valence-electron chi connectivity index (χ4n) is 3.26. The highest BCUT2D eigenvalue weighted by atomic mass is 32.2. The van der Waals surface area contributed by atoms with Crippen LogP contribution in [0.15, 0.2) is 100 Å². The third kappa shape index (κ3) is 6.33. The third-order valence-electron chi connectivity index (χ3n) is 4.82. The molecule has 1 unspecified atom stereocenters. The molecule has 0 aliphatic carbocycles. The van der Waals surface area contributed by atoms with Crippen LogP contribution in [-0.4, -0.2) is 17.0 Å². The summed E-state index contributed by atoms with van der Waals surface area (Å²) in [5.74, 6) is 0.736. The molecule has 166 valence electrons. The average Bonchev–Trinajstić information content (AvgIpc) is 3.24. The van der Waals surface area contributed by atoms with Crippen LogP contribution in [0, 0.1) is 6.92 Å². The van der Waals surface area contributed by atoms with Gasteiger partial charge in [-0.2, -0.15) is 0 Å². The Morgan fingerprint density at radius 1 is 0.909 bits per heavy atom. The van der Waals surface area contributed by atoms with E-state index < -0.39 is 5.25 Å². The minimum Gasteiger partial charge on any atom is -0.360 e. The fraction of sp³-hybridized carbons (Fsp3) is 0.115. The van der Waals surface area contributed by atoms with Crippen molar-refractivity contribution in [1.82, 2.24) is 5.16 Å². The molecule has 0 bridgehead atoms. The second kappa shape index (κ2) is 10.7. The van der Waals surface area contributed by atoms with Crippen LogP contribution >= 0.6 is 11.8 Å². The molecule has 0 aliphatic heterocycles. The number of carbonyl (C=O) groups excluding carboxylic acids is 2. The maximum atomic E-state index is 13.0. The van der Waals surface area contributed by atoms with Crippen molar-refractivity contribution in [2.75, 3.05) is 10.6 Å². The number of benzene rings is 3. The van der Waals surface area contributed by atoms with Gasteiger partial charge in [0.1, 0.15) is 11.0 Å². The second-order valence-electron chi connectivity index (χ2n) is 7.46. The van der Waals surface area contributed by atoms with Crippen molar-refractivity contribution in [3.8, 4) is 0 Å². The largest absolute Gasteiger partial charge is 0.360 e. The van der Waals surface area contributed by atoms with Gasteiger partial charge in [0.15, 0.2) is 5.82 Å². The number of aromatic nitrogens is 1.